The van der Waals surface area contributed by atoms with Gasteiger partial charge in [0.2, 0.25) is 11.9 Å². The van der Waals surface area contributed by atoms with Crippen molar-refractivity contribution in [3.8, 4) is 0 Å². The number of aromatic nitrogens is 2. The quantitative estimate of drug-likeness (QED) is 0.758. The molecule has 1 aromatic carbocycles. The molecule has 1 aliphatic rings. The van der Waals surface area contributed by atoms with E-state index in [9.17, 15) is 4.79 Å². The molecule has 1 aliphatic heterocycles. The van der Waals surface area contributed by atoms with Crippen molar-refractivity contribution in [1.82, 2.24) is 9.97 Å². The summed E-state index contributed by atoms with van der Waals surface area (Å²) in [6.07, 6.45) is 0. The van der Waals surface area contributed by atoms with Gasteiger partial charge in [0, 0.05) is 13.1 Å². The second-order valence-corrected chi connectivity index (χ2v) is 4.37. The lowest BCUT2D eigenvalue weighted by Gasteiger charge is -2.30. The summed E-state index contributed by atoms with van der Waals surface area (Å²) < 4.78 is 0. The van der Waals surface area contributed by atoms with Crippen molar-refractivity contribution >= 4 is 34.9 Å². The van der Waals surface area contributed by atoms with E-state index in [4.69, 9.17) is 5.73 Å². The molecule has 0 aliphatic carbocycles. The summed E-state index contributed by atoms with van der Waals surface area (Å²) in [5.74, 6) is 1.27. The van der Waals surface area contributed by atoms with Gasteiger partial charge in [0.05, 0.1) is 11.4 Å². The SMILES string of the molecule is CNc1cc(N2CC(=O)Nc3ccccc32)nc(N)n1. The van der Waals surface area contributed by atoms with Crippen LogP contribution in [-0.4, -0.2) is 29.5 Å². The van der Waals surface area contributed by atoms with Crippen molar-refractivity contribution in [3.63, 3.8) is 0 Å². The van der Waals surface area contributed by atoms with E-state index in [-0.39, 0.29) is 18.4 Å². The topological polar surface area (TPSA) is 96.2 Å². The highest BCUT2D eigenvalue weighted by Crippen LogP contribution is 2.34. The largest absolute Gasteiger partial charge is 0.373 e. The summed E-state index contributed by atoms with van der Waals surface area (Å²) in [4.78, 5) is 21.9. The Balaban J connectivity index is 2.10. The Bertz CT molecular complexity index is 672. The zero-order chi connectivity index (χ0) is 14.1. The molecular formula is C13H14N6O. The molecule has 0 saturated heterocycles. The number of nitrogens with two attached hydrogens (primary N) is 1. The lowest BCUT2D eigenvalue weighted by atomic mass is 10.2. The van der Waals surface area contributed by atoms with Crippen molar-refractivity contribution in [2.24, 2.45) is 0 Å². The first-order valence-corrected chi connectivity index (χ1v) is 6.16. The van der Waals surface area contributed by atoms with Crippen LogP contribution in [0, 0.1) is 0 Å². The number of para-hydroxylation sites is 2. The average Bonchev–Trinajstić information content (AvgIpc) is 2.45. The molecule has 0 unspecified atom stereocenters. The maximum absolute atomic E-state index is 11.8. The minimum absolute atomic E-state index is 0.0908. The number of rotatable bonds is 2. The molecule has 0 radical (unpaired) electrons. The van der Waals surface area contributed by atoms with Crippen LogP contribution in [0.4, 0.5) is 29.0 Å². The van der Waals surface area contributed by atoms with Crippen molar-refractivity contribution in [3.05, 3.63) is 30.3 Å². The van der Waals surface area contributed by atoms with Gasteiger partial charge in [-0.3, -0.25) is 4.79 Å². The molecule has 20 heavy (non-hydrogen) atoms. The molecule has 2 aromatic rings. The summed E-state index contributed by atoms with van der Waals surface area (Å²) in [7, 11) is 1.75. The number of hydrogen-bond acceptors (Lipinski definition) is 6. The maximum atomic E-state index is 11.8. The van der Waals surface area contributed by atoms with E-state index in [1.807, 2.05) is 29.2 Å². The third-order valence-electron chi connectivity index (χ3n) is 3.03. The lowest BCUT2D eigenvalue weighted by molar-refractivity contribution is -0.115. The number of carbonyl (C=O) groups excluding carboxylic acids is 1. The molecule has 7 nitrogen and oxygen atoms in total. The molecule has 1 amide bonds. The number of hydrogen-bond donors (Lipinski definition) is 3. The zero-order valence-electron chi connectivity index (χ0n) is 10.9. The third kappa shape index (κ3) is 2.09. The molecular weight excluding hydrogens is 256 g/mol. The van der Waals surface area contributed by atoms with Crippen molar-refractivity contribution < 1.29 is 4.79 Å². The van der Waals surface area contributed by atoms with Crippen LogP contribution in [-0.2, 0) is 4.79 Å². The summed E-state index contributed by atoms with van der Waals surface area (Å²) >= 11 is 0. The molecule has 2 heterocycles. The van der Waals surface area contributed by atoms with E-state index in [1.165, 1.54) is 0 Å². The molecule has 102 valence electrons. The van der Waals surface area contributed by atoms with Gasteiger partial charge in [0.15, 0.2) is 0 Å². The van der Waals surface area contributed by atoms with E-state index in [2.05, 4.69) is 20.6 Å². The number of fused-ring (bicyclic) bond motifs is 1. The van der Waals surface area contributed by atoms with E-state index in [0.717, 1.165) is 11.4 Å². The van der Waals surface area contributed by atoms with Gasteiger partial charge >= 0.3 is 0 Å². The molecule has 1 aromatic heterocycles. The number of benzene rings is 1. The Morgan fingerprint density at radius 3 is 2.95 bits per heavy atom. The number of carbonyl (C=O) groups is 1. The van der Waals surface area contributed by atoms with E-state index in [1.54, 1.807) is 13.1 Å². The molecule has 0 spiro atoms. The fraction of sp³-hybridized carbons (Fsp3) is 0.154. The fourth-order valence-corrected chi connectivity index (χ4v) is 2.16. The summed E-state index contributed by atoms with van der Waals surface area (Å²) in [5.41, 5.74) is 7.34. The first kappa shape index (κ1) is 12.2. The predicted molar refractivity (Wildman–Crippen MR) is 78.1 cm³/mol. The van der Waals surface area contributed by atoms with Gasteiger partial charge in [0.1, 0.15) is 18.2 Å². The van der Waals surface area contributed by atoms with Crippen LogP contribution in [0.1, 0.15) is 0 Å². The Morgan fingerprint density at radius 2 is 2.15 bits per heavy atom. The van der Waals surface area contributed by atoms with Crippen LogP contribution in [0.15, 0.2) is 30.3 Å². The number of nitrogen functional groups attached to an aromatic ring is 1. The second-order valence-electron chi connectivity index (χ2n) is 4.37. The monoisotopic (exact) mass is 270 g/mol. The van der Waals surface area contributed by atoms with E-state index in [0.29, 0.717) is 11.6 Å². The standard InChI is InChI=1S/C13H14N6O/c1-15-10-6-11(18-13(14)17-10)19-7-12(20)16-8-4-2-3-5-9(8)19/h2-6H,7H2,1H3,(H,16,20)(H3,14,15,17,18). The minimum Gasteiger partial charge on any atom is -0.373 e. The summed E-state index contributed by atoms with van der Waals surface area (Å²) in [6.45, 7) is 0.191. The average molecular weight is 270 g/mol. The third-order valence-corrected chi connectivity index (χ3v) is 3.03. The smallest absolute Gasteiger partial charge is 0.244 e. The van der Waals surface area contributed by atoms with Crippen molar-refractivity contribution in [1.29, 1.82) is 0 Å². The molecule has 0 saturated carbocycles. The number of anilines is 5. The van der Waals surface area contributed by atoms with Gasteiger partial charge in [-0.2, -0.15) is 9.97 Å². The van der Waals surface area contributed by atoms with Crippen molar-refractivity contribution in [2.45, 2.75) is 0 Å². The van der Waals surface area contributed by atoms with Gasteiger partial charge < -0.3 is 21.3 Å². The normalized spacial score (nSPS) is 13.7. The van der Waals surface area contributed by atoms with Gasteiger partial charge in [0.25, 0.3) is 0 Å². The minimum atomic E-state index is -0.0908. The fourth-order valence-electron chi connectivity index (χ4n) is 2.16. The van der Waals surface area contributed by atoms with Crippen LogP contribution in [0.5, 0.6) is 0 Å². The van der Waals surface area contributed by atoms with Crippen LogP contribution >= 0.6 is 0 Å². The number of nitrogens with zero attached hydrogens (tertiary/aromatic N) is 3. The van der Waals surface area contributed by atoms with Gasteiger partial charge in [-0.05, 0) is 12.1 Å². The molecule has 0 fully saturated rings. The molecule has 7 heteroatoms. The Labute approximate surface area is 115 Å². The van der Waals surface area contributed by atoms with Crippen LogP contribution in [0.2, 0.25) is 0 Å². The highest BCUT2D eigenvalue weighted by molar-refractivity contribution is 6.02. The second kappa shape index (κ2) is 4.69. The van der Waals surface area contributed by atoms with Gasteiger partial charge in [-0.25, -0.2) is 0 Å². The predicted octanol–water partition coefficient (Wildman–Crippen LogP) is 1.19. The molecule has 0 atom stereocenters. The summed E-state index contributed by atoms with van der Waals surface area (Å²) in [6, 6.07) is 9.31. The molecule has 4 N–H and O–H groups in total. The molecule has 3 rings (SSSR count). The van der Waals surface area contributed by atoms with Gasteiger partial charge in [-0.15, -0.1) is 0 Å². The van der Waals surface area contributed by atoms with Gasteiger partial charge in [-0.1, -0.05) is 12.1 Å². The number of amides is 1. The van der Waals surface area contributed by atoms with E-state index < -0.39 is 0 Å². The Morgan fingerprint density at radius 1 is 1.35 bits per heavy atom. The van der Waals surface area contributed by atoms with Crippen molar-refractivity contribution in [2.75, 3.05) is 34.9 Å². The first-order valence-electron chi connectivity index (χ1n) is 6.16. The summed E-state index contributed by atoms with van der Waals surface area (Å²) in [5, 5.41) is 5.76. The maximum Gasteiger partial charge on any atom is 0.244 e. The Kier molecular flexibility index (Phi) is 2.86. The highest BCUT2D eigenvalue weighted by atomic mass is 16.2. The van der Waals surface area contributed by atoms with Crippen LogP contribution in [0.25, 0.3) is 0 Å². The lowest BCUT2D eigenvalue weighted by Crippen LogP contribution is -2.35. The first-order chi connectivity index (χ1) is 9.67. The zero-order valence-corrected chi connectivity index (χ0v) is 10.9. The highest BCUT2D eigenvalue weighted by Gasteiger charge is 2.24. The Hall–Kier alpha value is -2.83. The van der Waals surface area contributed by atoms with Crippen LogP contribution < -0.4 is 21.3 Å². The number of nitrogens with one attached hydrogen (secondary N) is 2. The van der Waals surface area contributed by atoms with E-state index >= 15 is 0 Å². The molecule has 0 bridgehead atoms. The van der Waals surface area contributed by atoms with Crippen LogP contribution in [0.3, 0.4) is 0 Å².